The Bertz CT molecular complexity index is 852. The van der Waals surface area contributed by atoms with E-state index in [0.29, 0.717) is 11.3 Å². The highest BCUT2D eigenvalue weighted by atomic mass is 16.1. The average Bonchev–Trinajstić information content (AvgIpc) is 3.00. The van der Waals surface area contributed by atoms with Crippen molar-refractivity contribution >= 4 is 11.0 Å². The molecule has 0 aromatic carbocycles. The van der Waals surface area contributed by atoms with E-state index in [2.05, 4.69) is 35.2 Å². The molecule has 1 atom stereocenters. The first-order valence-corrected chi connectivity index (χ1v) is 9.02. The first-order chi connectivity index (χ1) is 11.7. The van der Waals surface area contributed by atoms with Gasteiger partial charge in [-0.3, -0.25) is 4.79 Å². The van der Waals surface area contributed by atoms with E-state index in [1.807, 2.05) is 4.68 Å². The van der Waals surface area contributed by atoms with E-state index in [9.17, 15) is 4.79 Å². The largest absolute Gasteiger partial charge is 0.310 e. The number of nitrogens with zero attached hydrogens (tertiary/aromatic N) is 3. The van der Waals surface area contributed by atoms with Crippen molar-refractivity contribution < 1.29 is 0 Å². The lowest BCUT2D eigenvalue weighted by atomic mass is 9.87. The van der Waals surface area contributed by atoms with Crippen molar-refractivity contribution in [3.8, 4) is 0 Å². The molecule has 0 saturated heterocycles. The number of H-pyrrole nitrogens is 1. The third-order valence-corrected chi connectivity index (χ3v) is 5.39. The van der Waals surface area contributed by atoms with Gasteiger partial charge in [0.2, 0.25) is 0 Å². The quantitative estimate of drug-likeness (QED) is 0.936. The molecule has 0 bridgehead atoms. The van der Waals surface area contributed by atoms with E-state index in [1.54, 1.807) is 6.20 Å². The van der Waals surface area contributed by atoms with E-state index >= 15 is 0 Å². The summed E-state index contributed by atoms with van der Waals surface area (Å²) < 4.78 is 1.92. The molecule has 0 amide bonds. The summed E-state index contributed by atoms with van der Waals surface area (Å²) in [6, 6.07) is 0.157. The van der Waals surface area contributed by atoms with Gasteiger partial charge in [0, 0.05) is 6.42 Å². The van der Waals surface area contributed by atoms with E-state index < -0.39 is 0 Å². The lowest BCUT2D eigenvalue weighted by Crippen LogP contribution is -2.19. The van der Waals surface area contributed by atoms with Crippen LogP contribution in [-0.4, -0.2) is 19.7 Å². The Balaban J connectivity index is 1.70. The second kappa shape index (κ2) is 6.38. The van der Waals surface area contributed by atoms with Crippen LogP contribution in [-0.2, 0) is 6.42 Å². The van der Waals surface area contributed by atoms with E-state index in [0.717, 1.165) is 24.3 Å². The first-order valence-electron chi connectivity index (χ1n) is 9.02. The van der Waals surface area contributed by atoms with Gasteiger partial charge >= 0.3 is 0 Å². The molecule has 5 heteroatoms. The minimum atomic E-state index is -0.0648. The average molecular weight is 324 g/mol. The fourth-order valence-electron chi connectivity index (χ4n) is 3.99. The van der Waals surface area contributed by atoms with E-state index in [4.69, 9.17) is 4.98 Å². The zero-order valence-electron chi connectivity index (χ0n) is 14.2. The fraction of sp³-hybridized carbons (Fsp3) is 0.526. The number of hydrogen-bond donors (Lipinski definition) is 1. The number of aromatic nitrogens is 4. The molecule has 2 aliphatic carbocycles. The van der Waals surface area contributed by atoms with Crippen LogP contribution in [0.15, 0.2) is 34.8 Å². The van der Waals surface area contributed by atoms with Gasteiger partial charge in [-0.15, -0.1) is 0 Å². The minimum Gasteiger partial charge on any atom is -0.310 e. The first kappa shape index (κ1) is 15.4. The van der Waals surface area contributed by atoms with Crippen LogP contribution in [0, 0.1) is 5.92 Å². The molecule has 2 aromatic rings. The molecule has 0 aliphatic heterocycles. The maximum absolute atomic E-state index is 12.4. The van der Waals surface area contributed by atoms with Gasteiger partial charge in [-0.25, -0.2) is 9.67 Å². The highest BCUT2D eigenvalue weighted by Crippen LogP contribution is 2.28. The lowest BCUT2D eigenvalue weighted by molar-refractivity contribution is 0.351. The highest BCUT2D eigenvalue weighted by Gasteiger charge is 2.21. The van der Waals surface area contributed by atoms with E-state index in [-0.39, 0.29) is 11.6 Å². The van der Waals surface area contributed by atoms with Crippen molar-refractivity contribution in [3.05, 3.63) is 46.2 Å². The van der Waals surface area contributed by atoms with Crippen molar-refractivity contribution in [2.24, 2.45) is 5.92 Å². The van der Waals surface area contributed by atoms with Crippen molar-refractivity contribution in [1.82, 2.24) is 19.7 Å². The van der Waals surface area contributed by atoms with Crippen molar-refractivity contribution in [1.29, 1.82) is 0 Å². The Kier molecular flexibility index (Phi) is 4.08. The normalized spacial score (nSPS) is 22.0. The van der Waals surface area contributed by atoms with Gasteiger partial charge in [-0.2, -0.15) is 5.10 Å². The predicted octanol–water partition coefficient (Wildman–Crippen LogP) is 3.69. The number of aromatic amines is 1. The summed E-state index contributed by atoms with van der Waals surface area (Å²) in [6.07, 6.45) is 16.2. The summed E-state index contributed by atoms with van der Waals surface area (Å²) in [6.45, 7) is 2.11. The van der Waals surface area contributed by atoms with Gasteiger partial charge in [0.1, 0.15) is 11.2 Å². The zero-order chi connectivity index (χ0) is 16.5. The summed E-state index contributed by atoms with van der Waals surface area (Å²) in [7, 11) is 0. The van der Waals surface area contributed by atoms with Gasteiger partial charge in [-0.05, 0) is 24.8 Å². The van der Waals surface area contributed by atoms with Gasteiger partial charge in [0.15, 0.2) is 5.65 Å². The summed E-state index contributed by atoms with van der Waals surface area (Å²) in [4.78, 5) is 20.2. The fourth-order valence-corrected chi connectivity index (χ4v) is 3.99. The summed E-state index contributed by atoms with van der Waals surface area (Å²) in [5.74, 6) is 1.46. The Morgan fingerprint density at radius 3 is 2.92 bits per heavy atom. The maximum atomic E-state index is 12.4. The number of rotatable bonds is 3. The number of fused-ring (bicyclic) bond motifs is 1. The van der Waals surface area contributed by atoms with Crippen LogP contribution >= 0.6 is 0 Å². The molecule has 0 spiro atoms. The highest BCUT2D eigenvalue weighted by molar-refractivity contribution is 5.73. The Morgan fingerprint density at radius 1 is 1.29 bits per heavy atom. The summed E-state index contributed by atoms with van der Waals surface area (Å²) in [5, 5.41) is 5.07. The molecule has 0 radical (unpaired) electrons. The molecule has 1 fully saturated rings. The minimum absolute atomic E-state index is 0.0648. The smallest absolute Gasteiger partial charge is 0.262 e. The molecule has 1 N–H and O–H groups in total. The molecule has 1 saturated carbocycles. The van der Waals surface area contributed by atoms with Crippen molar-refractivity contribution in [2.75, 3.05) is 0 Å². The van der Waals surface area contributed by atoms with Crippen LogP contribution in [0.1, 0.15) is 57.3 Å². The third kappa shape index (κ3) is 2.83. The number of nitrogens with one attached hydrogen (secondary N) is 1. The Labute approximate surface area is 141 Å². The van der Waals surface area contributed by atoms with Crippen LogP contribution in [0.5, 0.6) is 0 Å². The Hall–Kier alpha value is -2.17. The van der Waals surface area contributed by atoms with E-state index in [1.165, 1.54) is 37.7 Å². The summed E-state index contributed by atoms with van der Waals surface area (Å²) in [5.41, 5.74) is 1.90. The molecular formula is C19H24N4O. The van der Waals surface area contributed by atoms with Crippen molar-refractivity contribution in [2.45, 2.75) is 57.9 Å². The monoisotopic (exact) mass is 324 g/mol. The van der Waals surface area contributed by atoms with Gasteiger partial charge in [0.05, 0.1) is 12.2 Å². The van der Waals surface area contributed by atoms with Gasteiger partial charge in [0.25, 0.3) is 5.56 Å². The molecule has 5 nitrogen and oxygen atoms in total. The van der Waals surface area contributed by atoms with Crippen LogP contribution in [0.4, 0.5) is 0 Å². The van der Waals surface area contributed by atoms with Crippen LogP contribution in [0.3, 0.4) is 0 Å². The Morgan fingerprint density at radius 2 is 2.12 bits per heavy atom. The molecule has 2 aromatic heterocycles. The zero-order valence-corrected chi connectivity index (χ0v) is 14.2. The number of allylic oxidation sites excluding steroid dienone is 4. The second-order valence-corrected chi connectivity index (χ2v) is 7.14. The molecule has 2 aliphatic rings. The standard InChI is InChI=1S/C19H24N4O/c1-13-7-5-6-10-16(13)23-18-15(12-20-23)19(24)22-17(21-18)11-14-8-3-2-4-9-14/h5-7,12,14,16H,2-4,8-11H2,1H3,(H,21,22,24). The summed E-state index contributed by atoms with van der Waals surface area (Å²) >= 11 is 0. The van der Waals surface area contributed by atoms with Crippen molar-refractivity contribution in [3.63, 3.8) is 0 Å². The molecule has 2 heterocycles. The molecule has 126 valence electrons. The SMILES string of the molecule is CC1=CC=CCC1n1ncc2c(=O)[nH]c(CC3CCCCC3)nc21. The van der Waals surface area contributed by atoms with Crippen LogP contribution < -0.4 is 5.56 Å². The van der Waals surface area contributed by atoms with Gasteiger partial charge in [-0.1, -0.05) is 50.3 Å². The third-order valence-electron chi connectivity index (χ3n) is 5.39. The maximum Gasteiger partial charge on any atom is 0.262 e. The molecule has 24 heavy (non-hydrogen) atoms. The second-order valence-electron chi connectivity index (χ2n) is 7.14. The molecular weight excluding hydrogens is 300 g/mol. The molecule has 4 rings (SSSR count). The number of hydrogen-bond acceptors (Lipinski definition) is 3. The van der Waals surface area contributed by atoms with Crippen LogP contribution in [0.2, 0.25) is 0 Å². The molecule has 1 unspecified atom stereocenters. The van der Waals surface area contributed by atoms with Gasteiger partial charge < -0.3 is 4.98 Å². The topological polar surface area (TPSA) is 63.6 Å². The predicted molar refractivity (Wildman–Crippen MR) is 95.0 cm³/mol. The lowest BCUT2D eigenvalue weighted by Gasteiger charge is -2.21. The van der Waals surface area contributed by atoms with Crippen LogP contribution in [0.25, 0.3) is 11.0 Å².